The summed E-state index contributed by atoms with van der Waals surface area (Å²) >= 11 is 0. The monoisotopic (exact) mass is 219 g/mol. The van der Waals surface area contributed by atoms with Crippen molar-refractivity contribution in [2.24, 2.45) is 16.8 Å². The number of hydrogen-bond donors (Lipinski definition) is 2. The van der Waals surface area contributed by atoms with E-state index < -0.39 is 6.03 Å². The van der Waals surface area contributed by atoms with E-state index in [0.717, 1.165) is 17.7 Å². The topological polar surface area (TPSA) is 67.5 Å². The van der Waals surface area contributed by atoms with E-state index in [4.69, 9.17) is 5.73 Å². The van der Waals surface area contributed by atoms with Gasteiger partial charge in [0.1, 0.15) is 0 Å². The molecule has 2 amide bonds. The predicted molar refractivity (Wildman–Crippen MR) is 65.2 cm³/mol. The minimum Gasteiger partial charge on any atom is -0.350 e. The molecule has 0 aliphatic carbocycles. The fraction of sp³-hybridized carbons (Fsp3) is 0.333. The molecule has 3 N–H and O–H groups in total. The lowest BCUT2D eigenvalue weighted by Crippen LogP contribution is -2.26. The number of amides is 2. The first kappa shape index (κ1) is 12.2. The largest absolute Gasteiger partial charge is 0.350 e. The number of urea groups is 1. The average molecular weight is 219 g/mol. The van der Waals surface area contributed by atoms with E-state index in [9.17, 15) is 4.79 Å². The van der Waals surface area contributed by atoms with Gasteiger partial charge in [-0.3, -0.25) is 0 Å². The lowest BCUT2D eigenvalue weighted by Gasteiger charge is -2.09. The molecule has 86 valence electrons. The van der Waals surface area contributed by atoms with Crippen LogP contribution in [-0.2, 0) is 0 Å². The lowest BCUT2D eigenvalue weighted by atomic mass is 10.0. The Morgan fingerprint density at radius 2 is 2.00 bits per heavy atom. The second kappa shape index (κ2) is 5.90. The van der Waals surface area contributed by atoms with Gasteiger partial charge in [0.05, 0.1) is 5.71 Å². The number of nitrogens with one attached hydrogen (secondary N) is 1. The highest BCUT2D eigenvalue weighted by Gasteiger charge is 2.06. The van der Waals surface area contributed by atoms with Crippen LogP contribution in [0.1, 0.15) is 25.8 Å². The molecule has 0 bridgehead atoms. The first-order chi connectivity index (χ1) is 7.59. The van der Waals surface area contributed by atoms with E-state index in [1.807, 2.05) is 30.3 Å². The van der Waals surface area contributed by atoms with Crippen molar-refractivity contribution >= 4 is 11.7 Å². The highest BCUT2D eigenvalue weighted by molar-refractivity contribution is 6.01. The van der Waals surface area contributed by atoms with E-state index in [0.29, 0.717) is 5.92 Å². The van der Waals surface area contributed by atoms with E-state index in [-0.39, 0.29) is 0 Å². The molecule has 1 rings (SSSR count). The normalized spacial score (nSPS) is 11.6. The number of nitrogens with zero attached hydrogens (tertiary/aromatic N) is 1. The summed E-state index contributed by atoms with van der Waals surface area (Å²) in [5.41, 5.74) is 9.12. The van der Waals surface area contributed by atoms with E-state index in [2.05, 4.69) is 24.4 Å². The van der Waals surface area contributed by atoms with Crippen molar-refractivity contribution < 1.29 is 4.79 Å². The molecular formula is C12H17N3O. The molecule has 1 aromatic rings. The number of nitrogens with two attached hydrogens (primary N) is 1. The van der Waals surface area contributed by atoms with Crippen LogP contribution in [0, 0.1) is 5.92 Å². The molecule has 0 aliphatic heterocycles. The Kier molecular flexibility index (Phi) is 4.51. The summed E-state index contributed by atoms with van der Waals surface area (Å²) < 4.78 is 0. The van der Waals surface area contributed by atoms with Crippen molar-refractivity contribution in [2.45, 2.75) is 20.3 Å². The second-order valence-corrected chi connectivity index (χ2v) is 4.00. The summed E-state index contributed by atoms with van der Waals surface area (Å²) in [5, 5.41) is 4.03. The van der Waals surface area contributed by atoms with Crippen LogP contribution < -0.4 is 11.2 Å². The first-order valence-corrected chi connectivity index (χ1v) is 5.27. The van der Waals surface area contributed by atoms with Crippen LogP contribution in [0.5, 0.6) is 0 Å². The molecular weight excluding hydrogens is 202 g/mol. The van der Waals surface area contributed by atoms with Gasteiger partial charge in [-0.15, -0.1) is 0 Å². The van der Waals surface area contributed by atoms with Crippen molar-refractivity contribution in [3.63, 3.8) is 0 Å². The summed E-state index contributed by atoms with van der Waals surface area (Å²) in [6, 6.07) is 9.11. The summed E-state index contributed by atoms with van der Waals surface area (Å²) in [7, 11) is 0. The van der Waals surface area contributed by atoms with Gasteiger partial charge in [-0.2, -0.15) is 5.10 Å². The Balaban J connectivity index is 2.87. The Morgan fingerprint density at radius 1 is 1.38 bits per heavy atom. The molecule has 0 saturated carbocycles. The molecule has 0 aliphatic rings. The van der Waals surface area contributed by atoms with Crippen LogP contribution in [0.15, 0.2) is 35.4 Å². The van der Waals surface area contributed by atoms with Gasteiger partial charge >= 0.3 is 6.03 Å². The second-order valence-electron chi connectivity index (χ2n) is 4.00. The summed E-state index contributed by atoms with van der Waals surface area (Å²) in [5.74, 6) is 0.466. The quantitative estimate of drug-likeness (QED) is 0.591. The maximum atomic E-state index is 10.6. The molecule has 0 atom stereocenters. The summed E-state index contributed by atoms with van der Waals surface area (Å²) in [6.07, 6.45) is 0.796. The van der Waals surface area contributed by atoms with E-state index in [1.165, 1.54) is 0 Å². The zero-order chi connectivity index (χ0) is 12.0. The summed E-state index contributed by atoms with van der Waals surface area (Å²) in [4.78, 5) is 10.6. The standard InChI is InChI=1S/C12H17N3O/c1-9(2)8-11(14-15-12(13)16)10-6-4-3-5-7-10/h3-7,9H,8H2,1-2H3,(H3,13,15,16)/b14-11-. The highest BCUT2D eigenvalue weighted by Crippen LogP contribution is 2.09. The highest BCUT2D eigenvalue weighted by atomic mass is 16.2. The molecule has 0 spiro atoms. The number of rotatable bonds is 4. The third kappa shape index (κ3) is 4.13. The zero-order valence-electron chi connectivity index (χ0n) is 9.60. The molecule has 4 heteroatoms. The Bertz CT molecular complexity index is 371. The number of carbonyl (C=O) groups is 1. The van der Waals surface area contributed by atoms with E-state index >= 15 is 0 Å². The maximum Gasteiger partial charge on any atom is 0.332 e. The molecule has 0 heterocycles. The van der Waals surface area contributed by atoms with Gasteiger partial charge in [-0.05, 0) is 17.9 Å². The smallest absolute Gasteiger partial charge is 0.332 e. The molecule has 0 saturated heterocycles. The molecule has 0 aromatic heterocycles. The van der Waals surface area contributed by atoms with Crippen molar-refractivity contribution in [1.82, 2.24) is 5.43 Å². The van der Waals surface area contributed by atoms with Gasteiger partial charge in [0.2, 0.25) is 0 Å². The molecule has 1 aromatic carbocycles. The molecule has 4 nitrogen and oxygen atoms in total. The van der Waals surface area contributed by atoms with Gasteiger partial charge in [0, 0.05) is 0 Å². The van der Waals surface area contributed by atoms with Crippen LogP contribution in [0.2, 0.25) is 0 Å². The minimum absolute atomic E-state index is 0.466. The summed E-state index contributed by atoms with van der Waals surface area (Å²) in [6.45, 7) is 4.20. The fourth-order valence-corrected chi connectivity index (χ4v) is 1.37. The Hall–Kier alpha value is -1.84. The van der Waals surface area contributed by atoms with Crippen LogP contribution in [0.25, 0.3) is 0 Å². The number of benzene rings is 1. The lowest BCUT2D eigenvalue weighted by molar-refractivity contribution is 0.249. The van der Waals surface area contributed by atoms with Crippen LogP contribution in [0.3, 0.4) is 0 Å². The number of hydrogen-bond acceptors (Lipinski definition) is 2. The van der Waals surface area contributed by atoms with Crippen LogP contribution in [0.4, 0.5) is 4.79 Å². The number of hydrazone groups is 1. The van der Waals surface area contributed by atoms with Crippen molar-refractivity contribution in [3.05, 3.63) is 35.9 Å². The number of primary amides is 1. The van der Waals surface area contributed by atoms with Gasteiger partial charge in [-0.1, -0.05) is 44.2 Å². The third-order valence-electron chi connectivity index (χ3n) is 2.01. The molecule has 0 unspecified atom stereocenters. The van der Waals surface area contributed by atoms with Gasteiger partial charge in [0.15, 0.2) is 0 Å². The van der Waals surface area contributed by atoms with Crippen LogP contribution in [-0.4, -0.2) is 11.7 Å². The third-order valence-corrected chi connectivity index (χ3v) is 2.01. The minimum atomic E-state index is -0.641. The van der Waals surface area contributed by atoms with E-state index in [1.54, 1.807) is 0 Å². The van der Waals surface area contributed by atoms with Gasteiger partial charge < -0.3 is 5.73 Å². The van der Waals surface area contributed by atoms with Gasteiger partial charge in [0.25, 0.3) is 0 Å². The average Bonchev–Trinajstić information content (AvgIpc) is 2.25. The zero-order valence-corrected chi connectivity index (χ0v) is 9.60. The first-order valence-electron chi connectivity index (χ1n) is 5.27. The number of carbonyl (C=O) groups excluding carboxylic acids is 1. The van der Waals surface area contributed by atoms with Crippen LogP contribution >= 0.6 is 0 Å². The Morgan fingerprint density at radius 3 is 2.50 bits per heavy atom. The molecule has 16 heavy (non-hydrogen) atoms. The van der Waals surface area contributed by atoms with Gasteiger partial charge in [-0.25, -0.2) is 10.2 Å². The molecule has 0 fully saturated rings. The maximum absolute atomic E-state index is 10.6. The SMILES string of the molecule is CC(C)C/C(=N/NC(N)=O)c1ccccc1. The Labute approximate surface area is 95.5 Å². The van der Waals surface area contributed by atoms with Crippen molar-refractivity contribution in [3.8, 4) is 0 Å². The van der Waals surface area contributed by atoms with Crippen molar-refractivity contribution in [2.75, 3.05) is 0 Å². The van der Waals surface area contributed by atoms with Crippen molar-refractivity contribution in [1.29, 1.82) is 0 Å². The fourth-order valence-electron chi connectivity index (χ4n) is 1.37. The predicted octanol–water partition coefficient (Wildman–Crippen LogP) is 2.11. The molecule has 0 radical (unpaired) electrons.